The fraction of sp³-hybridized carbons (Fsp3) is 0.429. The number of pyridine rings is 1. The maximum Gasteiger partial charge on any atom is 0.0865 e. The highest BCUT2D eigenvalue weighted by Crippen LogP contribution is 2.39. The Bertz CT molecular complexity index is 636. The number of nitriles is 1. The highest BCUT2D eigenvalue weighted by atomic mass is 16.5. The van der Waals surface area contributed by atoms with Crippen LogP contribution in [0.15, 0.2) is 54.9 Å². The Morgan fingerprint density at radius 2 is 1.96 bits per heavy atom. The van der Waals surface area contributed by atoms with E-state index in [4.69, 9.17) is 4.74 Å². The zero-order valence-electron chi connectivity index (χ0n) is 14.6. The van der Waals surface area contributed by atoms with Crippen molar-refractivity contribution < 1.29 is 4.74 Å². The molecule has 0 saturated carbocycles. The van der Waals surface area contributed by atoms with Gasteiger partial charge in [0.15, 0.2) is 0 Å². The van der Waals surface area contributed by atoms with Crippen LogP contribution in [0.25, 0.3) is 0 Å². The molecule has 2 unspecified atom stereocenters. The number of rotatable bonds is 9. The molecule has 0 radical (unpaired) electrons. The lowest BCUT2D eigenvalue weighted by Crippen LogP contribution is -2.28. The summed E-state index contributed by atoms with van der Waals surface area (Å²) in [5, 5.41) is 10.1. The Hall–Kier alpha value is -2.18. The Kier molecular flexibility index (Phi) is 6.96. The lowest BCUT2D eigenvalue weighted by molar-refractivity contribution is 0.0427. The molecule has 1 heterocycles. The van der Waals surface area contributed by atoms with Crippen LogP contribution in [0.1, 0.15) is 56.8 Å². The van der Waals surface area contributed by atoms with Crippen molar-refractivity contribution in [2.24, 2.45) is 0 Å². The van der Waals surface area contributed by atoms with Crippen LogP contribution in [0, 0.1) is 11.3 Å². The number of ether oxygens (including phenoxy) is 1. The van der Waals surface area contributed by atoms with Crippen molar-refractivity contribution in [2.75, 3.05) is 6.61 Å². The summed E-state index contributed by atoms with van der Waals surface area (Å²) in [7, 11) is 0. The molecule has 0 aliphatic heterocycles. The Morgan fingerprint density at radius 1 is 1.17 bits per heavy atom. The zero-order valence-corrected chi connectivity index (χ0v) is 14.6. The van der Waals surface area contributed by atoms with E-state index in [2.05, 4.69) is 30.1 Å². The van der Waals surface area contributed by atoms with Gasteiger partial charge in [0, 0.05) is 25.4 Å². The summed E-state index contributed by atoms with van der Waals surface area (Å²) >= 11 is 0. The molecule has 2 atom stereocenters. The predicted molar refractivity (Wildman–Crippen MR) is 96.5 cm³/mol. The standard InChI is InChI=1S/C21H26N2O/c1-3-5-13-21(17-22,19-12-9-14-23-16-19)15-20(24-4-2)18-10-7-6-8-11-18/h6-12,14,16,20H,3-5,13,15H2,1-2H3. The van der Waals surface area contributed by atoms with Gasteiger partial charge in [-0.05, 0) is 30.5 Å². The van der Waals surface area contributed by atoms with Crippen LogP contribution in [0.5, 0.6) is 0 Å². The van der Waals surface area contributed by atoms with Crippen LogP contribution in [0.2, 0.25) is 0 Å². The molecule has 0 saturated heterocycles. The van der Waals surface area contributed by atoms with Gasteiger partial charge >= 0.3 is 0 Å². The lowest BCUT2D eigenvalue weighted by atomic mass is 9.73. The summed E-state index contributed by atoms with van der Waals surface area (Å²) < 4.78 is 6.02. The molecule has 2 aromatic rings. The number of benzene rings is 1. The van der Waals surface area contributed by atoms with Crippen LogP contribution in [-0.2, 0) is 10.2 Å². The molecular formula is C21H26N2O. The van der Waals surface area contributed by atoms with Gasteiger partial charge in [0.05, 0.1) is 17.6 Å². The fourth-order valence-electron chi connectivity index (χ4n) is 3.11. The van der Waals surface area contributed by atoms with Crippen molar-refractivity contribution in [1.82, 2.24) is 4.98 Å². The third-order valence-electron chi connectivity index (χ3n) is 4.46. The van der Waals surface area contributed by atoms with Crippen molar-refractivity contribution in [2.45, 2.75) is 51.0 Å². The van der Waals surface area contributed by atoms with E-state index in [1.165, 1.54) is 0 Å². The molecule has 0 bridgehead atoms. The van der Waals surface area contributed by atoms with E-state index >= 15 is 0 Å². The number of hydrogen-bond acceptors (Lipinski definition) is 3. The quantitative estimate of drug-likeness (QED) is 0.637. The molecule has 0 amide bonds. The summed E-state index contributed by atoms with van der Waals surface area (Å²) in [5.74, 6) is 0. The van der Waals surface area contributed by atoms with Gasteiger partial charge in [0.1, 0.15) is 0 Å². The van der Waals surface area contributed by atoms with Gasteiger partial charge in [-0.1, -0.05) is 56.2 Å². The van der Waals surface area contributed by atoms with E-state index < -0.39 is 5.41 Å². The molecule has 24 heavy (non-hydrogen) atoms. The van der Waals surface area contributed by atoms with Crippen molar-refractivity contribution in [1.29, 1.82) is 5.26 Å². The van der Waals surface area contributed by atoms with Gasteiger partial charge in [0.25, 0.3) is 0 Å². The van der Waals surface area contributed by atoms with Gasteiger partial charge in [0.2, 0.25) is 0 Å². The topological polar surface area (TPSA) is 45.9 Å². The summed E-state index contributed by atoms with van der Waals surface area (Å²) in [6.07, 6.45) is 7.03. The molecule has 2 rings (SSSR count). The molecule has 3 heteroatoms. The summed E-state index contributed by atoms with van der Waals surface area (Å²) in [6, 6.07) is 16.7. The minimum atomic E-state index is -0.569. The number of aromatic nitrogens is 1. The smallest absolute Gasteiger partial charge is 0.0865 e. The normalized spacial score (nSPS) is 14.5. The molecule has 0 N–H and O–H groups in total. The van der Waals surface area contributed by atoms with Crippen LogP contribution >= 0.6 is 0 Å². The van der Waals surface area contributed by atoms with Crippen molar-refractivity contribution in [3.63, 3.8) is 0 Å². The molecule has 126 valence electrons. The largest absolute Gasteiger partial charge is 0.374 e. The third-order valence-corrected chi connectivity index (χ3v) is 4.46. The summed E-state index contributed by atoms with van der Waals surface area (Å²) in [6.45, 7) is 4.78. The molecule has 0 aliphatic rings. The summed E-state index contributed by atoms with van der Waals surface area (Å²) in [4.78, 5) is 4.24. The van der Waals surface area contributed by atoms with Gasteiger partial charge in [-0.3, -0.25) is 4.98 Å². The second-order valence-corrected chi connectivity index (χ2v) is 6.10. The van der Waals surface area contributed by atoms with Crippen LogP contribution < -0.4 is 0 Å². The molecule has 3 nitrogen and oxygen atoms in total. The van der Waals surface area contributed by atoms with Crippen molar-refractivity contribution in [3.8, 4) is 6.07 Å². The lowest BCUT2D eigenvalue weighted by Gasteiger charge is -2.31. The average molecular weight is 322 g/mol. The maximum atomic E-state index is 10.1. The van der Waals surface area contributed by atoms with Gasteiger partial charge < -0.3 is 4.74 Å². The molecule has 0 spiro atoms. The first-order valence-electron chi connectivity index (χ1n) is 8.74. The van der Waals surface area contributed by atoms with Crippen molar-refractivity contribution >= 4 is 0 Å². The Balaban J connectivity index is 2.37. The van der Waals surface area contributed by atoms with Gasteiger partial charge in [-0.25, -0.2) is 0 Å². The Labute approximate surface area is 145 Å². The minimum absolute atomic E-state index is 0.0899. The van der Waals surface area contributed by atoms with Crippen LogP contribution in [-0.4, -0.2) is 11.6 Å². The SMILES string of the molecule is CCCCC(C#N)(CC(OCC)c1ccccc1)c1cccnc1. The molecule has 0 aliphatic carbocycles. The first-order chi connectivity index (χ1) is 11.8. The van der Waals surface area contributed by atoms with Crippen LogP contribution in [0.4, 0.5) is 0 Å². The maximum absolute atomic E-state index is 10.1. The summed E-state index contributed by atoms with van der Waals surface area (Å²) in [5.41, 5.74) is 1.54. The van der Waals surface area contributed by atoms with E-state index in [-0.39, 0.29) is 6.10 Å². The zero-order chi connectivity index (χ0) is 17.3. The second-order valence-electron chi connectivity index (χ2n) is 6.10. The van der Waals surface area contributed by atoms with E-state index in [1.807, 2.05) is 43.5 Å². The van der Waals surface area contributed by atoms with Crippen molar-refractivity contribution in [3.05, 3.63) is 66.0 Å². The number of unbranched alkanes of at least 4 members (excludes halogenated alkanes) is 1. The van der Waals surface area contributed by atoms with E-state index in [0.717, 1.165) is 30.4 Å². The predicted octanol–water partition coefficient (Wildman–Crippen LogP) is 5.20. The van der Waals surface area contributed by atoms with E-state index in [9.17, 15) is 5.26 Å². The minimum Gasteiger partial charge on any atom is -0.374 e. The first kappa shape index (κ1) is 18.2. The molecule has 1 aromatic carbocycles. The number of hydrogen-bond donors (Lipinski definition) is 0. The second kappa shape index (κ2) is 9.20. The fourth-order valence-corrected chi connectivity index (χ4v) is 3.11. The van der Waals surface area contributed by atoms with Crippen LogP contribution in [0.3, 0.4) is 0 Å². The first-order valence-corrected chi connectivity index (χ1v) is 8.74. The van der Waals surface area contributed by atoms with E-state index in [0.29, 0.717) is 13.0 Å². The third kappa shape index (κ3) is 4.43. The highest BCUT2D eigenvalue weighted by Gasteiger charge is 2.35. The Morgan fingerprint density at radius 3 is 2.54 bits per heavy atom. The molecular weight excluding hydrogens is 296 g/mol. The molecule has 0 fully saturated rings. The monoisotopic (exact) mass is 322 g/mol. The average Bonchev–Trinajstić information content (AvgIpc) is 2.66. The van der Waals surface area contributed by atoms with E-state index in [1.54, 1.807) is 6.20 Å². The van der Waals surface area contributed by atoms with Gasteiger partial charge in [-0.15, -0.1) is 0 Å². The molecule has 1 aromatic heterocycles. The highest BCUT2D eigenvalue weighted by molar-refractivity contribution is 5.32. The number of nitrogens with zero attached hydrogens (tertiary/aromatic N) is 2. The van der Waals surface area contributed by atoms with Gasteiger partial charge in [-0.2, -0.15) is 5.26 Å².